The largest absolute Gasteiger partial charge is 0.497 e. The van der Waals surface area contributed by atoms with Gasteiger partial charge < -0.3 is 15.2 Å². The Morgan fingerprint density at radius 1 is 1.33 bits per heavy atom. The van der Waals surface area contributed by atoms with Crippen molar-refractivity contribution >= 4 is 0 Å². The summed E-state index contributed by atoms with van der Waals surface area (Å²) in [6.07, 6.45) is 0. The number of rotatable bonds is 6. The average molecular weight is 251 g/mol. The molecule has 0 amide bonds. The number of benzene rings is 1. The van der Waals surface area contributed by atoms with E-state index >= 15 is 0 Å². The van der Waals surface area contributed by atoms with Gasteiger partial charge in [-0.3, -0.25) is 0 Å². The highest BCUT2D eigenvalue weighted by Gasteiger charge is 2.28. The van der Waals surface area contributed by atoms with Crippen LogP contribution in [-0.4, -0.2) is 23.9 Å². The van der Waals surface area contributed by atoms with E-state index in [1.54, 1.807) is 7.11 Å². The molecule has 0 aliphatic carbocycles. The lowest BCUT2D eigenvalue weighted by atomic mass is 9.89. The zero-order valence-electron chi connectivity index (χ0n) is 12.0. The Kier molecular flexibility index (Phi) is 5.17. The van der Waals surface area contributed by atoms with Crippen LogP contribution in [0.2, 0.25) is 0 Å². The molecule has 0 fully saturated rings. The molecule has 102 valence electrons. The smallest absolute Gasteiger partial charge is 0.119 e. The van der Waals surface area contributed by atoms with E-state index in [0.29, 0.717) is 5.92 Å². The Morgan fingerprint density at radius 2 is 2.00 bits per heavy atom. The van der Waals surface area contributed by atoms with Crippen molar-refractivity contribution in [1.82, 2.24) is 5.32 Å². The number of hydrogen-bond acceptors (Lipinski definition) is 3. The third-order valence-electron chi connectivity index (χ3n) is 3.09. The van der Waals surface area contributed by atoms with Gasteiger partial charge in [-0.25, -0.2) is 0 Å². The summed E-state index contributed by atoms with van der Waals surface area (Å²) in [7, 11) is 1.67. The fraction of sp³-hybridized carbons (Fsp3) is 0.600. The summed E-state index contributed by atoms with van der Waals surface area (Å²) in [5.74, 6) is 1.23. The lowest BCUT2D eigenvalue weighted by Gasteiger charge is -2.33. The summed E-state index contributed by atoms with van der Waals surface area (Å²) in [5, 5.41) is 13.6. The molecule has 1 aromatic rings. The second-order valence-electron chi connectivity index (χ2n) is 5.61. The number of hydrogen-bond donors (Lipinski definition) is 2. The van der Waals surface area contributed by atoms with E-state index in [0.717, 1.165) is 17.9 Å². The Balaban J connectivity index is 2.67. The Hall–Kier alpha value is -1.06. The van der Waals surface area contributed by atoms with E-state index < -0.39 is 5.60 Å². The van der Waals surface area contributed by atoms with Crippen LogP contribution >= 0.6 is 0 Å². The van der Waals surface area contributed by atoms with Crippen LogP contribution in [0, 0.1) is 5.92 Å². The molecular weight excluding hydrogens is 226 g/mol. The van der Waals surface area contributed by atoms with Crippen molar-refractivity contribution in [3.05, 3.63) is 29.8 Å². The number of nitrogens with one attached hydrogen (secondary N) is 1. The molecule has 3 nitrogen and oxygen atoms in total. The van der Waals surface area contributed by atoms with E-state index in [2.05, 4.69) is 25.2 Å². The molecule has 1 aromatic carbocycles. The molecule has 0 unspecified atom stereocenters. The third kappa shape index (κ3) is 4.31. The first-order chi connectivity index (χ1) is 8.34. The van der Waals surface area contributed by atoms with Crippen LogP contribution in [0.3, 0.4) is 0 Å². The van der Waals surface area contributed by atoms with Crippen molar-refractivity contribution in [1.29, 1.82) is 0 Å². The van der Waals surface area contributed by atoms with Gasteiger partial charge in [-0.05, 0) is 37.5 Å². The normalized spacial score (nSPS) is 13.7. The highest BCUT2D eigenvalue weighted by atomic mass is 16.5. The first-order valence-electron chi connectivity index (χ1n) is 6.43. The van der Waals surface area contributed by atoms with E-state index in [-0.39, 0.29) is 6.04 Å². The summed E-state index contributed by atoms with van der Waals surface area (Å²) in [5.41, 5.74) is 0.428. The van der Waals surface area contributed by atoms with E-state index in [9.17, 15) is 5.11 Å². The molecule has 0 spiro atoms. The first-order valence-corrected chi connectivity index (χ1v) is 6.43. The zero-order chi connectivity index (χ0) is 13.8. The summed E-state index contributed by atoms with van der Waals surface area (Å²) < 4.78 is 5.20. The molecule has 18 heavy (non-hydrogen) atoms. The fourth-order valence-corrected chi connectivity index (χ4v) is 2.31. The van der Waals surface area contributed by atoms with Crippen molar-refractivity contribution < 1.29 is 9.84 Å². The lowest BCUT2D eigenvalue weighted by Crippen LogP contribution is -2.49. The van der Waals surface area contributed by atoms with E-state index in [1.165, 1.54) is 0 Å². The first kappa shape index (κ1) is 15.0. The second-order valence-corrected chi connectivity index (χ2v) is 5.61. The number of methoxy groups -OCH3 is 1. The quantitative estimate of drug-likeness (QED) is 0.816. The molecule has 0 heterocycles. The molecular formula is C15H25NO2. The van der Waals surface area contributed by atoms with Gasteiger partial charge in [0.2, 0.25) is 0 Å². The van der Waals surface area contributed by atoms with Crippen LogP contribution in [0.4, 0.5) is 0 Å². The molecule has 0 aliphatic rings. The summed E-state index contributed by atoms with van der Waals surface area (Å²) >= 11 is 0. The Labute approximate surface area is 110 Å². The number of ether oxygens (including phenoxy) is 1. The zero-order valence-corrected chi connectivity index (χ0v) is 12.0. The van der Waals surface area contributed by atoms with Crippen molar-refractivity contribution in [2.24, 2.45) is 5.92 Å². The van der Waals surface area contributed by atoms with Gasteiger partial charge in [0, 0.05) is 12.6 Å². The van der Waals surface area contributed by atoms with Crippen LogP contribution in [0.15, 0.2) is 24.3 Å². The van der Waals surface area contributed by atoms with Gasteiger partial charge in [0.25, 0.3) is 0 Å². The van der Waals surface area contributed by atoms with Gasteiger partial charge >= 0.3 is 0 Å². The summed E-state index contributed by atoms with van der Waals surface area (Å²) in [6, 6.07) is 8.03. The lowest BCUT2D eigenvalue weighted by molar-refractivity contribution is 0.0195. The minimum atomic E-state index is -0.729. The molecule has 2 N–H and O–H groups in total. The van der Waals surface area contributed by atoms with Gasteiger partial charge in [0.05, 0.1) is 12.7 Å². The molecule has 0 aliphatic heterocycles. The van der Waals surface area contributed by atoms with Crippen LogP contribution in [-0.2, 0) is 6.54 Å². The highest BCUT2D eigenvalue weighted by Crippen LogP contribution is 2.18. The Morgan fingerprint density at radius 3 is 2.50 bits per heavy atom. The van der Waals surface area contributed by atoms with Gasteiger partial charge in [-0.2, -0.15) is 0 Å². The minimum absolute atomic E-state index is 0.0590. The van der Waals surface area contributed by atoms with Gasteiger partial charge in [0.1, 0.15) is 5.75 Å². The van der Waals surface area contributed by atoms with Gasteiger partial charge in [0.15, 0.2) is 0 Å². The summed E-state index contributed by atoms with van der Waals surface area (Å²) in [4.78, 5) is 0. The third-order valence-corrected chi connectivity index (χ3v) is 3.09. The molecule has 0 aromatic heterocycles. The van der Waals surface area contributed by atoms with E-state index in [1.807, 2.05) is 32.0 Å². The van der Waals surface area contributed by atoms with Crippen molar-refractivity contribution in [3.63, 3.8) is 0 Å². The van der Waals surface area contributed by atoms with Crippen LogP contribution in [0.25, 0.3) is 0 Å². The van der Waals surface area contributed by atoms with Crippen molar-refractivity contribution in [3.8, 4) is 5.75 Å². The predicted octanol–water partition coefficient (Wildman–Crippen LogP) is 2.58. The molecule has 0 saturated heterocycles. The van der Waals surface area contributed by atoms with E-state index in [4.69, 9.17) is 4.74 Å². The Bertz CT molecular complexity index is 369. The second kappa shape index (κ2) is 6.21. The van der Waals surface area contributed by atoms with Crippen LogP contribution in [0.5, 0.6) is 5.75 Å². The van der Waals surface area contributed by atoms with Crippen LogP contribution < -0.4 is 10.1 Å². The predicted molar refractivity (Wildman–Crippen MR) is 74.8 cm³/mol. The molecule has 1 rings (SSSR count). The standard InChI is InChI=1S/C15H25NO2/c1-11(2)14(15(3,4)17)16-10-12-7-6-8-13(9-12)18-5/h6-9,11,14,16-17H,10H2,1-5H3/t14-/m0/s1. The molecule has 0 saturated carbocycles. The molecule has 0 radical (unpaired) electrons. The van der Waals surface area contributed by atoms with Crippen LogP contribution in [0.1, 0.15) is 33.3 Å². The average Bonchev–Trinajstić information content (AvgIpc) is 2.27. The molecule has 1 atom stereocenters. The van der Waals surface area contributed by atoms with Gasteiger partial charge in [-0.1, -0.05) is 26.0 Å². The fourth-order valence-electron chi connectivity index (χ4n) is 2.31. The van der Waals surface area contributed by atoms with Crippen molar-refractivity contribution in [2.45, 2.75) is 45.9 Å². The molecule has 0 bridgehead atoms. The SMILES string of the molecule is COc1cccc(CN[C@@H](C(C)C)C(C)(C)O)c1. The maximum Gasteiger partial charge on any atom is 0.119 e. The summed E-state index contributed by atoms with van der Waals surface area (Å²) in [6.45, 7) is 8.64. The monoisotopic (exact) mass is 251 g/mol. The van der Waals surface area contributed by atoms with Gasteiger partial charge in [-0.15, -0.1) is 0 Å². The minimum Gasteiger partial charge on any atom is -0.497 e. The van der Waals surface area contributed by atoms with Crippen molar-refractivity contribution in [2.75, 3.05) is 7.11 Å². The number of aliphatic hydroxyl groups is 1. The topological polar surface area (TPSA) is 41.5 Å². The highest BCUT2D eigenvalue weighted by molar-refractivity contribution is 5.28. The maximum atomic E-state index is 10.1. The molecule has 3 heteroatoms. The maximum absolute atomic E-state index is 10.1.